The molecule has 0 amide bonds. The number of aliphatic hydroxyl groups is 10. The van der Waals surface area contributed by atoms with Gasteiger partial charge in [0.1, 0.15) is 109 Å². The maximum atomic E-state index is 14.5. The van der Waals surface area contributed by atoms with Crippen LogP contribution in [0.5, 0.6) is 0 Å². The Balaban J connectivity index is 0.896. The molecule has 10 aliphatic rings. The van der Waals surface area contributed by atoms with E-state index in [1.165, 1.54) is 19.6 Å². The Morgan fingerprint density at radius 1 is 0.690 bits per heavy atom. The molecule has 6 heterocycles. The van der Waals surface area contributed by atoms with Crippen molar-refractivity contribution in [2.75, 3.05) is 33.5 Å². The standard InChI is InChI=1S/C58H90O28S/c1-24(2)11-10-16-57(8)47-28(60)19-56(7)27-12-13-33-54(4,5)34(15-17-55(33,6)26(27)14-18-58(47,56)53(70)85-57)80-51-45(37(65)32(23-77-51)86-87(71,72)73)84-52-46(83-48-38(66)35(63)29(61)21-75-48)39(67)42(25(3)78-52)81-49-40(68)43(30(62)22-76-49)82-50-41(69)44(74-9)36(64)31(20-59)79-50/h11,14,25,27,29-52,59,61-69H,10,12-13,15-23H2,1-9H3,(H,71,72,73). The number of esters is 1. The molecule has 29 heteroatoms. The SMILES string of the molecule is COC1C(O)C(CO)OC(OC2C(O)COC(OC3C(C)OC(OC4C(OC5CCC6(C)C7=CCC89C(=O)OC(C)(CCC=C(C)C)C8C(=O)CC9(C)C7CCC6C5(C)C)OCC(OS(=O)(=O)O)C4O)C(OC4OCC(O)C(O)C4O)C3O)C2O)C1O. The summed E-state index contributed by atoms with van der Waals surface area (Å²) in [7, 11) is -4.06. The van der Waals surface area contributed by atoms with Crippen molar-refractivity contribution in [1.29, 1.82) is 0 Å². The fraction of sp³-hybridized carbons (Fsp3) is 0.897. The molecule has 0 aromatic heterocycles. The number of allylic oxidation sites excluding steroid dienone is 4. The van der Waals surface area contributed by atoms with E-state index in [1.807, 2.05) is 20.8 Å². The molecule has 30 atom stereocenters. The highest BCUT2D eigenvalue weighted by molar-refractivity contribution is 7.80. The van der Waals surface area contributed by atoms with Crippen molar-refractivity contribution in [3.8, 4) is 0 Å². The van der Waals surface area contributed by atoms with Crippen LogP contribution in [0.4, 0.5) is 0 Å². The topological polar surface area (TPSA) is 411 Å². The van der Waals surface area contributed by atoms with Gasteiger partial charge in [-0.1, -0.05) is 51.0 Å². The third kappa shape index (κ3) is 11.9. The molecule has 87 heavy (non-hydrogen) atoms. The molecule has 6 saturated heterocycles. The van der Waals surface area contributed by atoms with E-state index in [4.69, 9.17) is 61.0 Å². The maximum Gasteiger partial charge on any atom is 0.397 e. The quantitative estimate of drug-likeness (QED) is 0.0350. The lowest BCUT2D eigenvalue weighted by Crippen LogP contribution is -2.67. The fourth-order valence-electron chi connectivity index (χ4n) is 16.9. The molecular formula is C58H90O28S. The van der Waals surface area contributed by atoms with Gasteiger partial charge in [-0.05, 0) is 101 Å². The van der Waals surface area contributed by atoms with Crippen molar-refractivity contribution in [2.45, 2.75) is 254 Å². The molecule has 496 valence electrons. The van der Waals surface area contributed by atoms with Crippen LogP contribution in [0.2, 0.25) is 0 Å². The molecule has 0 radical (unpaired) electrons. The zero-order valence-corrected chi connectivity index (χ0v) is 51.2. The monoisotopic (exact) mass is 1270 g/mol. The van der Waals surface area contributed by atoms with Gasteiger partial charge in [-0.2, -0.15) is 8.42 Å². The number of methoxy groups -OCH3 is 1. The highest BCUT2D eigenvalue weighted by Crippen LogP contribution is 2.75. The van der Waals surface area contributed by atoms with Crippen LogP contribution in [0.25, 0.3) is 0 Å². The second-order valence-electron chi connectivity index (χ2n) is 27.2. The van der Waals surface area contributed by atoms with Gasteiger partial charge in [0.05, 0.1) is 50.0 Å². The Morgan fingerprint density at radius 2 is 1.31 bits per heavy atom. The molecule has 11 N–H and O–H groups in total. The van der Waals surface area contributed by atoms with Crippen LogP contribution in [-0.4, -0.2) is 256 Å². The molecule has 3 saturated carbocycles. The first-order valence-electron chi connectivity index (χ1n) is 30.2. The minimum Gasteiger partial charge on any atom is -0.458 e. The summed E-state index contributed by atoms with van der Waals surface area (Å²) in [4.78, 5) is 28.9. The number of hydrogen-bond acceptors (Lipinski definition) is 27. The van der Waals surface area contributed by atoms with E-state index in [-0.39, 0.29) is 30.0 Å². The highest BCUT2D eigenvalue weighted by atomic mass is 32.3. The van der Waals surface area contributed by atoms with Crippen molar-refractivity contribution >= 4 is 22.2 Å². The number of cyclic esters (lactones) is 1. The predicted molar refractivity (Wildman–Crippen MR) is 292 cm³/mol. The number of hydrogen-bond donors (Lipinski definition) is 11. The van der Waals surface area contributed by atoms with Crippen molar-refractivity contribution in [1.82, 2.24) is 0 Å². The molecule has 9 fully saturated rings. The van der Waals surface area contributed by atoms with Crippen LogP contribution in [-0.2, 0) is 81.0 Å². The van der Waals surface area contributed by atoms with E-state index >= 15 is 0 Å². The minimum atomic E-state index is -5.25. The fourth-order valence-corrected chi connectivity index (χ4v) is 17.4. The summed E-state index contributed by atoms with van der Waals surface area (Å²) < 4.78 is 111. The lowest BCUT2D eigenvalue weighted by molar-refractivity contribution is -0.399. The third-order valence-corrected chi connectivity index (χ3v) is 21.8. The van der Waals surface area contributed by atoms with Gasteiger partial charge in [-0.15, -0.1) is 0 Å². The number of carbonyl (C=O) groups excluding carboxylic acids is 2. The summed E-state index contributed by atoms with van der Waals surface area (Å²) in [6.07, 6.45) is -29.8. The number of Topliss-reactive ketones (excluding diaryl/α,β-unsaturated/α-hetero) is 1. The number of ether oxygens (including phenoxy) is 12. The normalized spacial score (nSPS) is 50.7. The minimum absolute atomic E-state index is 0.0538. The van der Waals surface area contributed by atoms with Crippen LogP contribution < -0.4 is 0 Å². The predicted octanol–water partition coefficient (Wildman–Crippen LogP) is -1.28. The Kier molecular flexibility index (Phi) is 19.5. The average Bonchev–Trinajstić information content (AvgIpc) is 1.53. The molecule has 10 rings (SSSR count). The molecule has 0 aromatic carbocycles. The number of ketones is 1. The van der Waals surface area contributed by atoms with Crippen LogP contribution in [0, 0.1) is 39.4 Å². The first kappa shape index (κ1) is 67.5. The van der Waals surface area contributed by atoms with Crippen LogP contribution in [0.3, 0.4) is 0 Å². The van der Waals surface area contributed by atoms with Gasteiger partial charge in [0.2, 0.25) is 0 Å². The molecule has 30 unspecified atom stereocenters. The molecule has 0 bridgehead atoms. The van der Waals surface area contributed by atoms with Crippen molar-refractivity contribution in [3.05, 3.63) is 23.3 Å². The lowest BCUT2D eigenvalue weighted by atomic mass is 9.41. The summed E-state index contributed by atoms with van der Waals surface area (Å²) in [6.45, 7) is 13.3. The summed E-state index contributed by atoms with van der Waals surface area (Å²) in [6, 6.07) is 0. The zero-order valence-electron chi connectivity index (χ0n) is 50.4. The summed E-state index contributed by atoms with van der Waals surface area (Å²) in [5.74, 6) is -1.00. The zero-order chi connectivity index (χ0) is 63.4. The van der Waals surface area contributed by atoms with E-state index < -0.39 is 211 Å². The largest absolute Gasteiger partial charge is 0.458 e. The van der Waals surface area contributed by atoms with E-state index in [0.717, 1.165) is 5.57 Å². The Labute approximate surface area is 505 Å². The maximum absolute atomic E-state index is 14.5. The van der Waals surface area contributed by atoms with Gasteiger partial charge < -0.3 is 108 Å². The number of rotatable bonds is 17. The first-order valence-corrected chi connectivity index (χ1v) is 31.6. The molecule has 1 spiro atoms. The van der Waals surface area contributed by atoms with E-state index in [2.05, 4.69) is 39.8 Å². The molecule has 0 aromatic rings. The number of aliphatic hydroxyl groups excluding tert-OH is 10. The van der Waals surface area contributed by atoms with Gasteiger partial charge >= 0.3 is 16.4 Å². The van der Waals surface area contributed by atoms with Crippen molar-refractivity contribution < 1.29 is 135 Å². The van der Waals surface area contributed by atoms with Crippen molar-refractivity contribution in [3.63, 3.8) is 0 Å². The Hall–Kier alpha value is -2.35. The van der Waals surface area contributed by atoms with Crippen LogP contribution >= 0.6 is 0 Å². The lowest BCUT2D eigenvalue weighted by Gasteiger charge is -2.63. The van der Waals surface area contributed by atoms with Gasteiger partial charge in [-0.25, -0.2) is 4.18 Å². The van der Waals surface area contributed by atoms with Gasteiger partial charge in [0, 0.05) is 13.5 Å². The number of fused-ring (bicyclic) bond motifs is 4. The van der Waals surface area contributed by atoms with Crippen LogP contribution in [0.1, 0.15) is 107 Å². The molecule has 28 nitrogen and oxygen atoms in total. The summed E-state index contributed by atoms with van der Waals surface area (Å²) >= 11 is 0. The van der Waals surface area contributed by atoms with Crippen molar-refractivity contribution in [2.24, 2.45) is 39.4 Å². The Morgan fingerprint density at radius 3 is 1.98 bits per heavy atom. The summed E-state index contributed by atoms with van der Waals surface area (Å²) in [5, 5.41) is 111. The second kappa shape index (κ2) is 25.2. The average molecular weight is 1270 g/mol. The first-order chi connectivity index (χ1) is 40.8. The Bertz CT molecular complexity index is 2660. The summed E-state index contributed by atoms with van der Waals surface area (Å²) in [5.41, 5.74) is -1.45. The number of carbonyl (C=O) groups is 2. The van der Waals surface area contributed by atoms with Crippen LogP contribution in [0.15, 0.2) is 23.3 Å². The van der Waals surface area contributed by atoms with Gasteiger partial charge in [0.15, 0.2) is 31.5 Å². The van der Waals surface area contributed by atoms with Gasteiger partial charge in [0.25, 0.3) is 0 Å². The molecule has 6 aliphatic heterocycles. The van der Waals surface area contributed by atoms with Gasteiger partial charge in [-0.3, -0.25) is 14.1 Å². The molecule has 4 aliphatic carbocycles. The van der Waals surface area contributed by atoms with E-state index in [0.29, 0.717) is 44.9 Å². The van der Waals surface area contributed by atoms with E-state index in [1.54, 1.807) is 0 Å². The smallest absolute Gasteiger partial charge is 0.397 e. The third-order valence-electron chi connectivity index (χ3n) is 21.3. The van der Waals surface area contributed by atoms with E-state index in [9.17, 15) is 73.6 Å². The highest BCUT2D eigenvalue weighted by Gasteiger charge is 2.79. The second-order valence-corrected chi connectivity index (χ2v) is 28.3. The molecular weight excluding hydrogens is 1180 g/mol.